The normalized spacial score (nSPS) is 11.3. The third-order valence-corrected chi connectivity index (χ3v) is 3.79. The second kappa shape index (κ2) is 7.61. The molecule has 0 radical (unpaired) electrons. The lowest BCUT2D eigenvalue weighted by Gasteiger charge is -2.15. The first kappa shape index (κ1) is 18.6. The van der Waals surface area contributed by atoms with Crippen molar-refractivity contribution in [3.63, 3.8) is 0 Å². The van der Waals surface area contributed by atoms with E-state index in [1.54, 1.807) is 18.2 Å². The first-order chi connectivity index (χ1) is 12.8. The van der Waals surface area contributed by atoms with Gasteiger partial charge in [0.25, 0.3) is 0 Å². The second-order valence-corrected chi connectivity index (χ2v) is 5.76. The van der Waals surface area contributed by atoms with Crippen molar-refractivity contribution in [3.05, 3.63) is 71.7 Å². The van der Waals surface area contributed by atoms with Gasteiger partial charge >= 0.3 is 6.18 Å². The molecule has 0 fully saturated rings. The van der Waals surface area contributed by atoms with E-state index in [4.69, 9.17) is 0 Å². The van der Waals surface area contributed by atoms with Gasteiger partial charge in [-0.25, -0.2) is 9.37 Å². The summed E-state index contributed by atoms with van der Waals surface area (Å²) >= 11 is 0. The van der Waals surface area contributed by atoms with Crippen LogP contribution in [-0.2, 0) is 12.6 Å². The summed E-state index contributed by atoms with van der Waals surface area (Å²) in [5.74, 6) is -0.828. The van der Waals surface area contributed by atoms with Gasteiger partial charge in [-0.05, 0) is 48.4 Å². The Bertz CT molecular complexity index is 924. The van der Waals surface area contributed by atoms with Gasteiger partial charge in [0.2, 0.25) is 5.95 Å². The first-order valence-electron chi connectivity index (χ1n) is 8.18. The highest BCUT2D eigenvalue weighted by molar-refractivity contribution is 5.63. The number of alkyl halides is 3. The SMILES string of the molecule is CCc1cccc(Nc2nc(Nc3ccc(F)cc3)ncc2C(F)(F)F)c1. The predicted molar refractivity (Wildman–Crippen MR) is 95.8 cm³/mol. The molecule has 140 valence electrons. The van der Waals surface area contributed by atoms with Gasteiger partial charge in [-0.3, -0.25) is 0 Å². The maximum Gasteiger partial charge on any atom is 0.421 e. The summed E-state index contributed by atoms with van der Waals surface area (Å²) in [6, 6.07) is 12.4. The molecule has 0 saturated carbocycles. The van der Waals surface area contributed by atoms with Gasteiger partial charge in [0.05, 0.1) is 0 Å². The topological polar surface area (TPSA) is 49.8 Å². The summed E-state index contributed by atoms with van der Waals surface area (Å²) in [4.78, 5) is 7.68. The zero-order valence-corrected chi connectivity index (χ0v) is 14.3. The second-order valence-electron chi connectivity index (χ2n) is 5.76. The summed E-state index contributed by atoms with van der Waals surface area (Å²) < 4.78 is 52.9. The Morgan fingerprint density at radius 1 is 0.963 bits per heavy atom. The summed E-state index contributed by atoms with van der Waals surface area (Å²) in [5, 5.41) is 5.48. The van der Waals surface area contributed by atoms with E-state index >= 15 is 0 Å². The maximum absolute atomic E-state index is 13.3. The molecule has 0 atom stereocenters. The smallest absolute Gasteiger partial charge is 0.340 e. The molecule has 3 rings (SSSR count). The van der Waals surface area contributed by atoms with Gasteiger partial charge < -0.3 is 10.6 Å². The third-order valence-electron chi connectivity index (χ3n) is 3.79. The van der Waals surface area contributed by atoms with Crippen LogP contribution in [0.5, 0.6) is 0 Å². The van der Waals surface area contributed by atoms with Crippen molar-refractivity contribution < 1.29 is 17.6 Å². The van der Waals surface area contributed by atoms with Crippen LogP contribution < -0.4 is 10.6 Å². The van der Waals surface area contributed by atoms with E-state index in [2.05, 4.69) is 20.6 Å². The van der Waals surface area contributed by atoms with E-state index in [0.29, 0.717) is 17.6 Å². The number of anilines is 4. The summed E-state index contributed by atoms with van der Waals surface area (Å²) in [5.41, 5.74) is 0.947. The highest BCUT2D eigenvalue weighted by atomic mass is 19.4. The minimum atomic E-state index is -4.61. The molecule has 27 heavy (non-hydrogen) atoms. The molecule has 1 heterocycles. The molecule has 0 aliphatic rings. The summed E-state index contributed by atoms with van der Waals surface area (Å²) in [7, 11) is 0. The largest absolute Gasteiger partial charge is 0.421 e. The van der Waals surface area contributed by atoms with Crippen molar-refractivity contribution >= 4 is 23.1 Å². The molecule has 8 heteroatoms. The van der Waals surface area contributed by atoms with Crippen molar-refractivity contribution in [1.29, 1.82) is 0 Å². The van der Waals surface area contributed by atoms with Gasteiger partial charge in [0, 0.05) is 17.6 Å². The Hall–Kier alpha value is -3.16. The Labute approximate surface area is 153 Å². The van der Waals surface area contributed by atoms with Crippen molar-refractivity contribution in [2.24, 2.45) is 0 Å². The van der Waals surface area contributed by atoms with Gasteiger partial charge in [0.1, 0.15) is 17.2 Å². The predicted octanol–water partition coefficient (Wildman–Crippen LogP) is 5.68. The zero-order chi connectivity index (χ0) is 19.4. The monoisotopic (exact) mass is 376 g/mol. The fourth-order valence-corrected chi connectivity index (χ4v) is 2.41. The van der Waals surface area contributed by atoms with E-state index in [9.17, 15) is 17.6 Å². The van der Waals surface area contributed by atoms with E-state index < -0.39 is 17.6 Å². The van der Waals surface area contributed by atoms with E-state index in [-0.39, 0.29) is 11.8 Å². The standard InChI is InChI=1S/C19H16F4N4/c1-2-12-4-3-5-15(10-12)25-17-16(19(21,22)23)11-24-18(27-17)26-14-8-6-13(20)7-9-14/h3-11H,2H2,1H3,(H2,24,25,26,27). The summed E-state index contributed by atoms with van der Waals surface area (Å²) in [6.45, 7) is 1.95. The molecule has 0 aliphatic carbocycles. The lowest BCUT2D eigenvalue weighted by molar-refractivity contribution is -0.137. The fourth-order valence-electron chi connectivity index (χ4n) is 2.41. The number of halogens is 4. The minimum absolute atomic E-state index is 0.0382. The van der Waals surface area contributed by atoms with Crippen molar-refractivity contribution in [2.75, 3.05) is 10.6 Å². The average Bonchev–Trinajstić information content (AvgIpc) is 2.63. The number of benzene rings is 2. The van der Waals surface area contributed by atoms with Crippen LogP contribution in [0.15, 0.2) is 54.7 Å². The number of aryl methyl sites for hydroxylation is 1. The fraction of sp³-hybridized carbons (Fsp3) is 0.158. The molecular weight excluding hydrogens is 360 g/mol. The molecule has 0 spiro atoms. The van der Waals surface area contributed by atoms with E-state index in [0.717, 1.165) is 12.0 Å². The van der Waals surface area contributed by atoms with Gasteiger partial charge in [-0.1, -0.05) is 19.1 Å². The Kier molecular flexibility index (Phi) is 5.25. The Balaban J connectivity index is 1.94. The molecule has 4 nitrogen and oxygen atoms in total. The van der Waals surface area contributed by atoms with Crippen LogP contribution in [0, 0.1) is 5.82 Å². The number of hydrogen-bond acceptors (Lipinski definition) is 4. The quantitative estimate of drug-likeness (QED) is 0.562. The van der Waals surface area contributed by atoms with Crippen molar-refractivity contribution in [1.82, 2.24) is 9.97 Å². The van der Waals surface area contributed by atoms with Crippen LogP contribution >= 0.6 is 0 Å². The van der Waals surface area contributed by atoms with Crippen LogP contribution in [0.2, 0.25) is 0 Å². The highest BCUT2D eigenvalue weighted by Crippen LogP contribution is 2.35. The van der Waals surface area contributed by atoms with Crippen LogP contribution in [0.25, 0.3) is 0 Å². The third kappa shape index (κ3) is 4.72. The van der Waals surface area contributed by atoms with Crippen LogP contribution in [0.3, 0.4) is 0 Å². The molecule has 0 amide bonds. The number of aromatic nitrogens is 2. The van der Waals surface area contributed by atoms with E-state index in [1.807, 2.05) is 13.0 Å². The van der Waals surface area contributed by atoms with Gasteiger partial charge in [-0.15, -0.1) is 0 Å². The number of rotatable bonds is 5. The minimum Gasteiger partial charge on any atom is -0.340 e. The van der Waals surface area contributed by atoms with E-state index in [1.165, 1.54) is 24.3 Å². The molecule has 2 N–H and O–H groups in total. The molecular formula is C19H16F4N4. The lowest BCUT2D eigenvalue weighted by atomic mass is 10.1. The van der Waals surface area contributed by atoms with Gasteiger partial charge in [-0.2, -0.15) is 18.2 Å². The summed E-state index contributed by atoms with van der Waals surface area (Å²) in [6.07, 6.45) is -3.15. The Morgan fingerprint density at radius 2 is 1.70 bits per heavy atom. The molecule has 2 aromatic carbocycles. The molecule has 1 aromatic heterocycles. The molecule has 3 aromatic rings. The maximum atomic E-state index is 13.3. The molecule has 0 bridgehead atoms. The number of nitrogens with one attached hydrogen (secondary N) is 2. The number of hydrogen-bond donors (Lipinski definition) is 2. The highest BCUT2D eigenvalue weighted by Gasteiger charge is 2.35. The van der Waals surface area contributed by atoms with Crippen LogP contribution in [0.1, 0.15) is 18.1 Å². The number of nitrogens with zero attached hydrogens (tertiary/aromatic N) is 2. The van der Waals surface area contributed by atoms with Crippen LogP contribution in [-0.4, -0.2) is 9.97 Å². The van der Waals surface area contributed by atoms with Crippen molar-refractivity contribution in [3.8, 4) is 0 Å². The average molecular weight is 376 g/mol. The van der Waals surface area contributed by atoms with Crippen LogP contribution in [0.4, 0.5) is 40.7 Å². The molecule has 0 aliphatic heterocycles. The first-order valence-corrected chi connectivity index (χ1v) is 8.18. The van der Waals surface area contributed by atoms with Crippen molar-refractivity contribution in [2.45, 2.75) is 19.5 Å². The van der Waals surface area contributed by atoms with Gasteiger partial charge in [0.15, 0.2) is 0 Å². The molecule has 0 saturated heterocycles. The molecule has 0 unspecified atom stereocenters. The Morgan fingerprint density at radius 3 is 2.37 bits per heavy atom. The zero-order valence-electron chi connectivity index (χ0n) is 14.3. The lowest BCUT2D eigenvalue weighted by Crippen LogP contribution is -2.12.